The first-order valence-electron chi connectivity index (χ1n) is 6.09. The van der Waals surface area contributed by atoms with Gasteiger partial charge in [-0.15, -0.1) is 10.2 Å². The highest BCUT2D eigenvalue weighted by molar-refractivity contribution is 6.31. The highest BCUT2D eigenvalue weighted by Crippen LogP contribution is 2.17. The summed E-state index contributed by atoms with van der Waals surface area (Å²) >= 11 is 5.97. The van der Waals surface area contributed by atoms with E-state index in [0.29, 0.717) is 18.3 Å². The molecule has 0 amide bonds. The fourth-order valence-electron chi connectivity index (χ4n) is 1.53. The van der Waals surface area contributed by atoms with Crippen LogP contribution in [0.2, 0.25) is 5.15 Å². The molecule has 0 radical (unpaired) electrons. The van der Waals surface area contributed by atoms with Gasteiger partial charge in [-0.1, -0.05) is 41.9 Å². The molecule has 0 aliphatic heterocycles. The molecule has 2 aromatic rings. The van der Waals surface area contributed by atoms with Crippen LogP contribution >= 0.6 is 11.6 Å². The molecule has 1 aromatic heterocycles. The average Bonchev–Trinajstić information content (AvgIpc) is 2.40. The number of rotatable bonds is 5. The van der Waals surface area contributed by atoms with E-state index in [1.807, 2.05) is 44.2 Å². The van der Waals surface area contributed by atoms with Crippen LogP contribution in [0.1, 0.15) is 19.4 Å². The predicted octanol–water partition coefficient (Wildman–Crippen LogP) is 2.96. The van der Waals surface area contributed by atoms with Gasteiger partial charge in [0.05, 0.1) is 0 Å². The van der Waals surface area contributed by atoms with Crippen molar-refractivity contribution in [2.45, 2.75) is 26.4 Å². The van der Waals surface area contributed by atoms with Crippen LogP contribution in [0.5, 0.6) is 0 Å². The Morgan fingerprint density at radius 2 is 1.89 bits per heavy atom. The Labute approximate surface area is 117 Å². The molecule has 0 bridgehead atoms. The Hall–Kier alpha value is -1.88. The minimum Gasteiger partial charge on any atom is -0.363 e. The minimum atomic E-state index is 0.241. The van der Waals surface area contributed by atoms with Crippen molar-refractivity contribution in [3.05, 3.63) is 41.0 Å². The third-order valence-corrected chi connectivity index (χ3v) is 2.62. The first kappa shape index (κ1) is 13.5. The third-order valence-electron chi connectivity index (χ3n) is 2.37. The van der Waals surface area contributed by atoms with Gasteiger partial charge in [0, 0.05) is 12.6 Å². The monoisotopic (exact) mass is 277 g/mol. The number of anilines is 2. The van der Waals surface area contributed by atoms with Crippen molar-refractivity contribution in [3.8, 4) is 0 Å². The number of hydrogen-bond acceptors (Lipinski definition) is 5. The van der Waals surface area contributed by atoms with E-state index in [1.165, 1.54) is 0 Å². The zero-order valence-corrected chi connectivity index (χ0v) is 11.6. The van der Waals surface area contributed by atoms with Crippen molar-refractivity contribution in [3.63, 3.8) is 0 Å². The molecule has 0 aliphatic rings. The van der Waals surface area contributed by atoms with Gasteiger partial charge in [-0.25, -0.2) is 0 Å². The largest absolute Gasteiger partial charge is 0.363 e. The fraction of sp³-hybridized carbons (Fsp3) is 0.308. The first-order valence-corrected chi connectivity index (χ1v) is 6.47. The van der Waals surface area contributed by atoms with Crippen molar-refractivity contribution >= 4 is 23.4 Å². The second-order valence-corrected chi connectivity index (χ2v) is 4.77. The molecule has 100 valence electrons. The van der Waals surface area contributed by atoms with Gasteiger partial charge in [-0.05, 0) is 19.4 Å². The van der Waals surface area contributed by atoms with Crippen molar-refractivity contribution in [1.82, 2.24) is 15.2 Å². The normalized spacial score (nSPS) is 10.5. The van der Waals surface area contributed by atoms with E-state index < -0.39 is 0 Å². The number of nitrogens with zero attached hydrogens (tertiary/aromatic N) is 3. The molecule has 2 rings (SSSR count). The Balaban J connectivity index is 2.06. The van der Waals surface area contributed by atoms with Gasteiger partial charge in [0.15, 0.2) is 11.0 Å². The van der Waals surface area contributed by atoms with Crippen molar-refractivity contribution in [1.29, 1.82) is 0 Å². The maximum absolute atomic E-state index is 5.97. The van der Waals surface area contributed by atoms with Gasteiger partial charge in [0.2, 0.25) is 5.95 Å². The van der Waals surface area contributed by atoms with E-state index in [1.54, 1.807) is 0 Å². The highest BCUT2D eigenvalue weighted by Gasteiger charge is 2.07. The zero-order valence-electron chi connectivity index (χ0n) is 10.9. The number of halogens is 1. The maximum Gasteiger partial charge on any atom is 0.244 e. The van der Waals surface area contributed by atoms with Crippen molar-refractivity contribution < 1.29 is 0 Å². The molecule has 0 atom stereocenters. The van der Waals surface area contributed by atoms with Crippen LogP contribution in [0, 0.1) is 0 Å². The van der Waals surface area contributed by atoms with E-state index in [0.717, 1.165) is 5.56 Å². The SMILES string of the molecule is CC(C)Nc1nnc(Cl)c(NCc2ccccc2)n1. The lowest BCUT2D eigenvalue weighted by atomic mass is 10.2. The number of aromatic nitrogens is 3. The van der Waals surface area contributed by atoms with E-state index in [-0.39, 0.29) is 11.2 Å². The third kappa shape index (κ3) is 4.06. The molecule has 2 N–H and O–H groups in total. The summed E-state index contributed by atoms with van der Waals surface area (Å²) in [4.78, 5) is 4.30. The Morgan fingerprint density at radius 1 is 1.16 bits per heavy atom. The van der Waals surface area contributed by atoms with E-state index in [2.05, 4.69) is 25.8 Å². The molecule has 1 aromatic carbocycles. The van der Waals surface area contributed by atoms with E-state index in [9.17, 15) is 0 Å². The second kappa shape index (κ2) is 6.33. The lowest BCUT2D eigenvalue weighted by Crippen LogP contribution is -2.14. The van der Waals surface area contributed by atoms with Crippen LogP contribution in [-0.2, 0) is 6.54 Å². The molecule has 5 nitrogen and oxygen atoms in total. The quantitative estimate of drug-likeness (QED) is 0.880. The Kier molecular flexibility index (Phi) is 4.52. The van der Waals surface area contributed by atoms with Gasteiger partial charge in [-0.2, -0.15) is 4.98 Å². The topological polar surface area (TPSA) is 62.7 Å². The molecule has 19 heavy (non-hydrogen) atoms. The summed E-state index contributed by atoms with van der Waals surface area (Å²) in [7, 11) is 0. The maximum atomic E-state index is 5.97. The van der Waals surface area contributed by atoms with Gasteiger partial charge in [0.1, 0.15) is 0 Å². The molecule has 6 heteroatoms. The van der Waals surface area contributed by atoms with Crippen LogP contribution in [-0.4, -0.2) is 21.2 Å². The molecule has 1 heterocycles. The zero-order chi connectivity index (χ0) is 13.7. The number of nitrogens with one attached hydrogen (secondary N) is 2. The van der Waals surface area contributed by atoms with Crippen molar-refractivity contribution in [2.24, 2.45) is 0 Å². The molecule has 0 aliphatic carbocycles. The second-order valence-electron chi connectivity index (χ2n) is 4.41. The molecule has 0 saturated heterocycles. The molecule has 0 unspecified atom stereocenters. The summed E-state index contributed by atoms with van der Waals surface area (Å²) in [5, 5.41) is 14.3. The smallest absolute Gasteiger partial charge is 0.244 e. The van der Waals surface area contributed by atoms with Gasteiger partial charge >= 0.3 is 0 Å². The minimum absolute atomic E-state index is 0.241. The predicted molar refractivity (Wildman–Crippen MR) is 77.4 cm³/mol. The first-order chi connectivity index (χ1) is 9.15. The standard InChI is InChI=1S/C13H16ClN5/c1-9(2)16-13-17-12(11(14)18-19-13)15-8-10-6-4-3-5-7-10/h3-7,9H,8H2,1-2H3,(H2,15,16,17,19). The van der Waals surface area contributed by atoms with Crippen LogP contribution in [0.15, 0.2) is 30.3 Å². The summed E-state index contributed by atoms with van der Waals surface area (Å²) in [6, 6.07) is 10.3. The Morgan fingerprint density at radius 3 is 2.58 bits per heavy atom. The van der Waals surface area contributed by atoms with Crippen LogP contribution in [0.3, 0.4) is 0 Å². The van der Waals surface area contributed by atoms with Gasteiger partial charge < -0.3 is 10.6 Å². The highest BCUT2D eigenvalue weighted by atomic mass is 35.5. The molecule has 0 saturated carbocycles. The van der Waals surface area contributed by atoms with Gasteiger partial charge in [0.25, 0.3) is 0 Å². The van der Waals surface area contributed by atoms with Crippen LogP contribution < -0.4 is 10.6 Å². The lowest BCUT2D eigenvalue weighted by Gasteiger charge is -2.10. The number of hydrogen-bond donors (Lipinski definition) is 2. The molecule has 0 spiro atoms. The summed E-state index contributed by atoms with van der Waals surface area (Å²) in [5.41, 5.74) is 1.15. The van der Waals surface area contributed by atoms with E-state index >= 15 is 0 Å². The summed E-state index contributed by atoms with van der Waals surface area (Å²) in [5.74, 6) is 0.999. The summed E-state index contributed by atoms with van der Waals surface area (Å²) < 4.78 is 0. The fourth-order valence-corrected chi connectivity index (χ4v) is 1.67. The average molecular weight is 278 g/mol. The van der Waals surface area contributed by atoms with Gasteiger partial charge in [-0.3, -0.25) is 0 Å². The summed E-state index contributed by atoms with van der Waals surface area (Å²) in [6.45, 7) is 4.66. The molecular weight excluding hydrogens is 262 g/mol. The number of benzene rings is 1. The summed E-state index contributed by atoms with van der Waals surface area (Å²) in [6.07, 6.45) is 0. The van der Waals surface area contributed by atoms with Crippen LogP contribution in [0.25, 0.3) is 0 Å². The molecular formula is C13H16ClN5. The van der Waals surface area contributed by atoms with E-state index in [4.69, 9.17) is 11.6 Å². The Bertz CT molecular complexity index is 530. The molecule has 0 fully saturated rings. The van der Waals surface area contributed by atoms with Crippen LogP contribution in [0.4, 0.5) is 11.8 Å². The lowest BCUT2D eigenvalue weighted by molar-refractivity contribution is 0.850. The van der Waals surface area contributed by atoms with Crippen molar-refractivity contribution in [2.75, 3.05) is 10.6 Å².